The monoisotopic (exact) mass is 224 g/mol. The SMILES string of the molecule is Cc1cccc(F)c1NC1=NCCCS1. The molecule has 1 aliphatic heterocycles. The average Bonchev–Trinajstić information content (AvgIpc) is 2.25. The third-order valence-electron chi connectivity index (χ3n) is 2.25. The van der Waals surface area contributed by atoms with Gasteiger partial charge < -0.3 is 5.32 Å². The van der Waals surface area contributed by atoms with Gasteiger partial charge in [-0.15, -0.1) is 0 Å². The molecule has 0 saturated carbocycles. The van der Waals surface area contributed by atoms with E-state index in [1.165, 1.54) is 6.07 Å². The lowest BCUT2D eigenvalue weighted by atomic mass is 10.2. The number of thioether (sulfide) groups is 1. The Labute approximate surface area is 93.0 Å². The molecule has 15 heavy (non-hydrogen) atoms. The number of rotatable bonds is 1. The minimum absolute atomic E-state index is 0.219. The van der Waals surface area contributed by atoms with Crippen LogP contribution in [0, 0.1) is 12.7 Å². The molecule has 0 saturated heterocycles. The van der Waals surface area contributed by atoms with Gasteiger partial charge in [0.2, 0.25) is 0 Å². The fraction of sp³-hybridized carbons (Fsp3) is 0.364. The van der Waals surface area contributed by atoms with Gasteiger partial charge in [-0.3, -0.25) is 4.99 Å². The molecular weight excluding hydrogens is 211 g/mol. The number of aryl methyl sites for hydroxylation is 1. The quantitative estimate of drug-likeness (QED) is 0.793. The Morgan fingerprint density at radius 2 is 2.33 bits per heavy atom. The standard InChI is InChI=1S/C11H13FN2S/c1-8-4-2-5-9(12)10(8)14-11-13-6-3-7-15-11/h2,4-5H,3,6-7H2,1H3,(H,13,14). The van der Waals surface area contributed by atoms with Crippen LogP contribution >= 0.6 is 11.8 Å². The normalized spacial score (nSPS) is 16.0. The summed E-state index contributed by atoms with van der Waals surface area (Å²) in [5, 5.41) is 3.88. The number of aliphatic imine (C=N–C) groups is 1. The molecular formula is C11H13FN2S. The van der Waals surface area contributed by atoms with Gasteiger partial charge in [0.1, 0.15) is 5.82 Å². The zero-order chi connectivity index (χ0) is 10.7. The molecule has 80 valence electrons. The number of nitrogens with one attached hydrogen (secondary N) is 1. The first-order chi connectivity index (χ1) is 7.27. The summed E-state index contributed by atoms with van der Waals surface area (Å²) in [5.74, 6) is 0.836. The molecule has 1 N–H and O–H groups in total. The van der Waals surface area contributed by atoms with Crippen LogP contribution in [0.15, 0.2) is 23.2 Å². The van der Waals surface area contributed by atoms with Crippen molar-refractivity contribution in [3.8, 4) is 0 Å². The highest BCUT2D eigenvalue weighted by atomic mass is 32.2. The number of benzene rings is 1. The van der Waals surface area contributed by atoms with Crippen LogP contribution in [0.25, 0.3) is 0 Å². The summed E-state index contributed by atoms with van der Waals surface area (Å²) in [6.07, 6.45) is 1.10. The second-order valence-electron chi connectivity index (χ2n) is 3.45. The molecule has 1 aromatic rings. The average molecular weight is 224 g/mol. The van der Waals surface area contributed by atoms with Crippen LogP contribution in [-0.4, -0.2) is 17.5 Å². The van der Waals surface area contributed by atoms with Crippen molar-refractivity contribution in [3.05, 3.63) is 29.6 Å². The number of para-hydroxylation sites is 1. The molecule has 4 heteroatoms. The lowest BCUT2D eigenvalue weighted by molar-refractivity contribution is 0.631. The van der Waals surface area contributed by atoms with Crippen molar-refractivity contribution in [1.82, 2.24) is 0 Å². The predicted octanol–water partition coefficient (Wildman–Crippen LogP) is 3.04. The van der Waals surface area contributed by atoms with Crippen LogP contribution in [0.2, 0.25) is 0 Å². The van der Waals surface area contributed by atoms with Crippen molar-refractivity contribution < 1.29 is 4.39 Å². The van der Waals surface area contributed by atoms with E-state index in [1.54, 1.807) is 17.8 Å². The molecule has 0 amide bonds. The molecule has 0 unspecified atom stereocenters. The first-order valence-electron chi connectivity index (χ1n) is 4.97. The van der Waals surface area contributed by atoms with Gasteiger partial charge in [-0.2, -0.15) is 0 Å². The van der Waals surface area contributed by atoms with Gasteiger partial charge in [0.25, 0.3) is 0 Å². The summed E-state index contributed by atoms with van der Waals surface area (Å²) in [6, 6.07) is 5.06. The number of anilines is 1. The summed E-state index contributed by atoms with van der Waals surface area (Å²) in [6.45, 7) is 2.72. The highest BCUT2D eigenvalue weighted by Gasteiger charge is 2.10. The van der Waals surface area contributed by atoms with Crippen LogP contribution in [0.3, 0.4) is 0 Å². The third-order valence-corrected chi connectivity index (χ3v) is 3.25. The van der Waals surface area contributed by atoms with Crippen molar-refractivity contribution in [1.29, 1.82) is 0 Å². The van der Waals surface area contributed by atoms with E-state index >= 15 is 0 Å². The second kappa shape index (κ2) is 4.66. The minimum Gasteiger partial charge on any atom is -0.332 e. The highest BCUT2D eigenvalue weighted by molar-refractivity contribution is 8.14. The summed E-state index contributed by atoms with van der Waals surface area (Å²) >= 11 is 1.65. The molecule has 0 radical (unpaired) electrons. The maximum atomic E-state index is 13.5. The van der Waals surface area contributed by atoms with Crippen molar-refractivity contribution in [2.75, 3.05) is 17.6 Å². The summed E-state index contributed by atoms with van der Waals surface area (Å²) < 4.78 is 13.5. The Kier molecular flexibility index (Phi) is 3.26. The topological polar surface area (TPSA) is 24.4 Å². The summed E-state index contributed by atoms with van der Waals surface area (Å²) in [4.78, 5) is 4.31. The maximum absolute atomic E-state index is 13.5. The molecule has 0 bridgehead atoms. The van der Waals surface area contributed by atoms with Crippen molar-refractivity contribution in [2.45, 2.75) is 13.3 Å². The first-order valence-corrected chi connectivity index (χ1v) is 5.95. The van der Waals surface area contributed by atoms with E-state index in [0.29, 0.717) is 5.69 Å². The number of hydrogen-bond donors (Lipinski definition) is 1. The smallest absolute Gasteiger partial charge is 0.161 e. The van der Waals surface area contributed by atoms with E-state index in [9.17, 15) is 4.39 Å². The van der Waals surface area contributed by atoms with Crippen molar-refractivity contribution in [3.63, 3.8) is 0 Å². The fourth-order valence-corrected chi connectivity index (χ4v) is 2.26. The van der Waals surface area contributed by atoms with E-state index in [0.717, 1.165) is 29.4 Å². The lowest BCUT2D eigenvalue weighted by Gasteiger charge is -2.15. The molecule has 0 atom stereocenters. The number of hydrogen-bond acceptors (Lipinski definition) is 3. The van der Waals surface area contributed by atoms with Gasteiger partial charge in [-0.1, -0.05) is 23.9 Å². The second-order valence-corrected chi connectivity index (χ2v) is 4.53. The lowest BCUT2D eigenvalue weighted by Crippen LogP contribution is -2.15. The highest BCUT2D eigenvalue weighted by Crippen LogP contribution is 2.22. The Hall–Kier alpha value is -1.03. The zero-order valence-electron chi connectivity index (χ0n) is 8.59. The van der Waals surface area contributed by atoms with Crippen LogP contribution in [0.1, 0.15) is 12.0 Å². The van der Waals surface area contributed by atoms with E-state index in [2.05, 4.69) is 10.3 Å². The zero-order valence-corrected chi connectivity index (χ0v) is 9.40. The number of nitrogens with zero attached hydrogens (tertiary/aromatic N) is 1. The van der Waals surface area contributed by atoms with E-state index in [1.807, 2.05) is 13.0 Å². The van der Waals surface area contributed by atoms with Gasteiger partial charge in [-0.25, -0.2) is 4.39 Å². The van der Waals surface area contributed by atoms with Crippen molar-refractivity contribution >= 4 is 22.6 Å². The van der Waals surface area contributed by atoms with Crippen molar-refractivity contribution in [2.24, 2.45) is 4.99 Å². The molecule has 0 aromatic heterocycles. The number of amidine groups is 1. The molecule has 2 rings (SSSR count). The fourth-order valence-electron chi connectivity index (χ4n) is 1.43. The van der Waals surface area contributed by atoms with Gasteiger partial charge in [0.15, 0.2) is 5.17 Å². The molecule has 1 aromatic carbocycles. The van der Waals surface area contributed by atoms with Crippen LogP contribution < -0.4 is 5.32 Å². The van der Waals surface area contributed by atoms with Crippen LogP contribution in [-0.2, 0) is 0 Å². The van der Waals surface area contributed by atoms with Crippen LogP contribution in [0.5, 0.6) is 0 Å². The van der Waals surface area contributed by atoms with Gasteiger partial charge in [0.05, 0.1) is 5.69 Å². The molecule has 1 aliphatic rings. The number of halogens is 1. The first kappa shape index (κ1) is 10.5. The molecule has 2 nitrogen and oxygen atoms in total. The van der Waals surface area contributed by atoms with Crippen LogP contribution in [0.4, 0.5) is 10.1 Å². The van der Waals surface area contributed by atoms with Gasteiger partial charge in [0, 0.05) is 12.3 Å². The predicted molar refractivity (Wildman–Crippen MR) is 64.1 cm³/mol. The molecule has 0 aliphatic carbocycles. The Morgan fingerprint density at radius 1 is 1.47 bits per heavy atom. The third kappa shape index (κ3) is 2.50. The Morgan fingerprint density at radius 3 is 3.00 bits per heavy atom. The molecule has 1 heterocycles. The Bertz CT molecular complexity index is 370. The Balaban J connectivity index is 2.19. The maximum Gasteiger partial charge on any atom is 0.161 e. The van der Waals surface area contributed by atoms with E-state index in [4.69, 9.17) is 0 Å². The molecule has 0 spiro atoms. The molecule has 0 fully saturated rings. The van der Waals surface area contributed by atoms with E-state index < -0.39 is 0 Å². The van der Waals surface area contributed by atoms with Gasteiger partial charge in [-0.05, 0) is 25.0 Å². The largest absolute Gasteiger partial charge is 0.332 e. The van der Waals surface area contributed by atoms with E-state index in [-0.39, 0.29) is 5.82 Å². The minimum atomic E-state index is -0.219. The van der Waals surface area contributed by atoms with Gasteiger partial charge >= 0.3 is 0 Å². The summed E-state index contributed by atoms with van der Waals surface area (Å²) in [7, 11) is 0. The summed E-state index contributed by atoms with van der Waals surface area (Å²) in [5.41, 5.74) is 1.45.